The standard InChI is InChI=1S/C29H32O6S/c1-21(30)34-27-26(33-19-23-14-8-4-9-15-23)28(36-24-16-10-5-11-17-24)35-25(29(27,2)31)20-32-18-22-12-6-3-7-13-22/h3-17,25-28,31H,18-20H2,1-2H3/t25-,26-,27-,28+,29+/m1/s1. The molecule has 0 radical (unpaired) electrons. The molecule has 0 aliphatic carbocycles. The second-order valence-electron chi connectivity index (χ2n) is 8.94. The number of rotatable bonds is 10. The molecule has 1 saturated heterocycles. The van der Waals surface area contributed by atoms with Crippen LogP contribution in [0.5, 0.6) is 0 Å². The lowest BCUT2D eigenvalue weighted by molar-refractivity contribution is -0.270. The third kappa shape index (κ3) is 6.96. The van der Waals surface area contributed by atoms with E-state index in [4.69, 9.17) is 18.9 Å². The minimum absolute atomic E-state index is 0.122. The predicted octanol–water partition coefficient (Wildman–Crippen LogP) is 4.99. The summed E-state index contributed by atoms with van der Waals surface area (Å²) in [6, 6.07) is 29.3. The first-order chi connectivity index (χ1) is 17.4. The molecule has 0 unspecified atom stereocenters. The van der Waals surface area contributed by atoms with Gasteiger partial charge >= 0.3 is 5.97 Å². The van der Waals surface area contributed by atoms with E-state index < -0.39 is 35.3 Å². The Morgan fingerprint density at radius 2 is 1.47 bits per heavy atom. The highest BCUT2D eigenvalue weighted by atomic mass is 32.2. The zero-order chi connectivity index (χ0) is 25.4. The molecule has 7 heteroatoms. The van der Waals surface area contributed by atoms with Gasteiger partial charge in [0.05, 0.1) is 19.8 Å². The summed E-state index contributed by atoms with van der Waals surface area (Å²) in [5.41, 5.74) is -0.109. The molecule has 0 aromatic heterocycles. The molecule has 1 heterocycles. The smallest absolute Gasteiger partial charge is 0.303 e. The molecule has 190 valence electrons. The fourth-order valence-electron chi connectivity index (χ4n) is 4.13. The number of hydrogen-bond donors (Lipinski definition) is 1. The van der Waals surface area contributed by atoms with E-state index >= 15 is 0 Å². The molecule has 0 spiro atoms. The SMILES string of the molecule is CC(=O)O[C@@H]1[C@@H](OCc2ccccc2)[C@H](Sc2ccccc2)O[C@H](COCc2ccccc2)[C@]1(C)O. The van der Waals surface area contributed by atoms with Gasteiger partial charge in [-0.05, 0) is 30.2 Å². The highest BCUT2D eigenvalue weighted by Gasteiger charge is 2.55. The average molecular weight is 509 g/mol. The number of carbonyl (C=O) groups is 1. The van der Waals surface area contributed by atoms with Crippen LogP contribution in [0.3, 0.4) is 0 Å². The molecule has 1 aliphatic heterocycles. The molecule has 1 fully saturated rings. The van der Waals surface area contributed by atoms with Crippen LogP contribution in [0.1, 0.15) is 25.0 Å². The summed E-state index contributed by atoms with van der Waals surface area (Å²) in [7, 11) is 0. The number of esters is 1. The van der Waals surface area contributed by atoms with E-state index in [-0.39, 0.29) is 13.2 Å². The van der Waals surface area contributed by atoms with Crippen molar-refractivity contribution < 1.29 is 28.8 Å². The third-order valence-corrected chi connectivity index (χ3v) is 7.20. The van der Waals surface area contributed by atoms with Gasteiger partial charge in [-0.1, -0.05) is 90.6 Å². The van der Waals surface area contributed by atoms with Crippen LogP contribution in [0.25, 0.3) is 0 Å². The van der Waals surface area contributed by atoms with Crippen LogP contribution >= 0.6 is 11.8 Å². The summed E-state index contributed by atoms with van der Waals surface area (Å²) in [5, 5.41) is 11.6. The van der Waals surface area contributed by atoms with Crippen molar-refractivity contribution in [3.63, 3.8) is 0 Å². The van der Waals surface area contributed by atoms with Crippen molar-refractivity contribution in [2.24, 2.45) is 0 Å². The van der Waals surface area contributed by atoms with E-state index in [1.165, 1.54) is 18.7 Å². The Morgan fingerprint density at radius 3 is 2.06 bits per heavy atom. The van der Waals surface area contributed by atoms with Gasteiger partial charge in [0.15, 0.2) is 6.10 Å². The van der Waals surface area contributed by atoms with Gasteiger partial charge in [0, 0.05) is 11.8 Å². The molecule has 6 nitrogen and oxygen atoms in total. The van der Waals surface area contributed by atoms with E-state index in [2.05, 4.69) is 0 Å². The number of hydrogen-bond acceptors (Lipinski definition) is 7. The number of benzene rings is 3. The van der Waals surface area contributed by atoms with Crippen LogP contribution in [0, 0.1) is 0 Å². The topological polar surface area (TPSA) is 74.2 Å². The largest absolute Gasteiger partial charge is 0.456 e. The molecule has 0 bridgehead atoms. The van der Waals surface area contributed by atoms with Crippen LogP contribution in [-0.2, 0) is 37.0 Å². The molecule has 36 heavy (non-hydrogen) atoms. The molecule has 4 rings (SSSR count). The second-order valence-corrected chi connectivity index (χ2v) is 10.1. The number of thioether (sulfide) groups is 1. The maximum atomic E-state index is 12.1. The minimum Gasteiger partial charge on any atom is -0.456 e. The molecule has 5 atom stereocenters. The molecule has 1 N–H and O–H groups in total. The van der Waals surface area contributed by atoms with E-state index in [0.29, 0.717) is 6.61 Å². The van der Waals surface area contributed by atoms with Crippen molar-refractivity contribution in [2.75, 3.05) is 6.61 Å². The molecule has 3 aromatic rings. The Labute approximate surface area is 216 Å². The second kappa shape index (κ2) is 12.5. The van der Waals surface area contributed by atoms with Gasteiger partial charge in [-0.25, -0.2) is 0 Å². The van der Waals surface area contributed by atoms with Gasteiger partial charge in [-0.2, -0.15) is 0 Å². The minimum atomic E-state index is -1.54. The number of carbonyl (C=O) groups excluding carboxylic acids is 1. The third-order valence-electron chi connectivity index (χ3n) is 6.05. The van der Waals surface area contributed by atoms with Gasteiger partial charge in [0.1, 0.15) is 23.2 Å². The van der Waals surface area contributed by atoms with Crippen LogP contribution in [0.15, 0.2) is 95.9 Å². The van der Waals surface area contributed by atoms with Crippen molar-refractivity contribution in [1.29, 1.82) is 0 Å². The fourth-order valence-corrected chi connectivity index (χ4v) is 5.26. The van der Waals surface area contributed by atoms with Crippen LogP contribution in [-0.4, -0.2) is 47.0 Å². The Bertz CT molecular complexity index is 1080. The average Bonchev–Trinajstić information content (AvgIpc) is 2.88. The van der Waals surface area contributed by atoms with Crippen LogP contribution in [0.4, 0.5) is 0 Å². The van der Waals surface area contributed by atoms with Crippen LogP contribution in [0.2, 0.25) is 0 Å². The first-order valence-corrected chi connectivity index (χ1v) is 12.9. The lowest BCUT2D eigenvalue weighted by Gasteiger charge is -2.49. The van der Waals surface area contributed by atoms with Gasteiger partial charge in [0.25, 0.3) is 0 Å². The fraction of sp³-hybridized carbons (Fsp3) is 0.345. The van der Waals surface area contributed by atoms with Crippen molar-refractivity contribution in [1.82, 2.24) is 0 Å². The monoisotopic (exact) mass is 508 g/mol. The van der Waals surface area contributed by atoms with Gasteiger partial charge in [-0.3, -0.25) is 4.79 Å². The van der Waals surface area contributed by atoms with Crippen molar-refractivity contribution in [3.05, 3.63) is 102 Å². The van der Waals surface area contributed by atoms with Crippen molar-refractivity contribution in [3.8, 4) is 0 Å². The summed E-state index contributed by atoms with van der Waals surface area (Å²) in [5.74, 6) is -0.497. The molecule has 1 aliphatic rings. The van der Waals surface area contributed by atoms with E-state index in [0.717, 1.165) is 16.0 Å². The first-order valence-electron chi connectivity index (χ1n) is 12.0. The van der Waals surface area contributed by atoms with Crippen LogP contribution < -0.4 is 0 Å². The summed E-state index contributed by atoms with van der Waals surface area (Å²) in [6.07, 6.45) is -2.43. The summed E-state index contributed by atoms with van der Waals surface area (Å²) in [6.45, 7) is 3.72. The molecule has 0 saturated carbocycles. The first kappa shape index (κ1) is 26.4. The lowest BCUT2D eigenvalue weighted by atomic mass is 9.86. The molecular weight excluding hydrogens is 476 g/mol. The quantitative estimate of drug-likeness (QED) is 0.387. The lowest BCUT2D eigenvalue weighted by Crippen LogP contribution is -2.66. The van der Waals surface area contributed by atoms with E-state index in [1.54, 1.807) is 6.92 Å². The number of aliphatic hydroxyl groups is 1. The predicted molar refractivity (Wildman–Crippen MR) is 138 cm³/mol. The Kier molecular flexibility index (Phi) is 9.18. The molecular formula is C29H32O6S. The summed E-state index contributed by atoms with van der Waals surface area (Å²) < 4.78 is 24.4. The summed E-state index contributed by atoms with van der Waals surface area (Å²) in [4.78, 5) is 13.1. The Balaban J connectivity index is 1.57. The summed E-state index contributed by atoms with van der Waals surface area (Å²) >= 11 is 1.47. The van der Waals surface area contributed by atoms with Gasteiger partial charge in [-0.15, -0.1) is 0 Å². The highest BCUT2D eigenvalue weighted by molar-refractivity contribution is 7.99. The number of ether oxygens (including phenoxy) is 4. The van der Waals surface area contributed by atoms with Crippen molar-refractivity contribution in [2.45, 2.75) is 61.3 Å². The maximum absolute atomic E-state index is 12.1. The normalized spacial score (nSPS) is 25.9. The highest BCUT2D eigenvalue weighted by Crippen LogP contribution is 2.40. The maximum Gasteiger partial charge on any atom is 0.303 e. The Morgan fingerprint density at radius 1 is 0.917 bits per heavy atom. The van der Waals surface area contributed by atoms with Gasteiger partial charge in [0.2, 0.25) is 0 Å². The molecule has 0 amide bonds. The van der Waals surface area contributed by atoms with Gasteiger partial charge < -0.3 is 24.1 Å². The zero-order valence-electron chi connectivity index (χ0n) is 20.5. The van der Waals surface area contributed by atoms with E-state index in [1.807, 2.05) is 91.0 Å². The molecule has 3 aromatic carbocycles. The zero-order valence-corrected chi connectivity index (χ0v) is 21.3. The van der Waals surface area contributed by atoms with Crippen molar-refractivity contribution >= 4 is 17.7 Å². The van der Waals surface area contributed by atoms with E-state index in [9.17, 15) is 9.90 Å². The Hall–Kier alpha value is -2.68.